The molecule has 0 saturated heterocycles. The average molecular weight is 278 g/mol. The van der Waals surface area contributed by atoms with Crippen LogP contribution >= 0.6 is 11.8 Å². The van der Waals surface area contributed by atoms with E-state index in [0.717, 1.165) is 23.1 Å². The number of carbonyl (C=O) groups excluding carboxylic acids is 2. The first-order valence-electron chi connectivity index (χ1n) is 5.77. The lowest BCUT2D eigenvalue weighted by Crippen LogP contribution is -2.22. The van der Waals surface area contributed by atoms with Gasteiger partial charge in [-0.05, 0) is 33.8 Å². The second kappa shape index (κ2) is 5.08. The average Bonchev–Trinajstić information content (AvgIpc) is 2.67. The van der Waals surface area contributed by atoms with Gasteiger partial charge in [0.2, 0.25) is 5.16 Å². The molecule has 0 fully saturated rings. The molecule has 0 amide bonds. The van der Waals surface area contributed by atoms with E-state index in [9.17, 15) is 9.59 Å². The van der Waals surface area contributed by atoms with E-state index >= 15 is 0 Å². The number of aryl methyl sites for hydroxylation is 2. The standard InChI is InChI=1S/C12H14N4O2S/c1-6-5-7(2)16-11(13-6)14-12(15-16)19-10(8(3)17)9(4)18/h5,10H,1-4H3. The smallest absolute Gasteiger partial charge is 0.253 e. The number of ketones is 2. The summed E-state index contributed by atoms with van der Waals surface area (Å²) >= 11 is 1.06. The second-order valence-corrected chi connectivity index (χ2v) is 5.44. The molecule has 7 heteroatoms. The Bertz CT molecular complexity index is 651. The number of Topliss-reactive ketones (excluding diaryl/α,β-unsaturated/α-hetero) is 2. The van der Waals surface area contributed by atoms with Gasteiger partial charge in [-0.1, -0.05) is 11.8 Å². The highest BCUT2D eigenvalue weighted by atomic mass is 32.2. The van der Waals surface area contributed by atoms with E-state index in [-0.39, 0.29) is 11.6 Å². The fourth-order valence-electron chi connectivity index (χ4n) is 1.76. The Kier molecular flexibility index (Phi) is 3.66. The van der Waals surface area contributed by atoms with Crippen molar-refractivity contribution in [3.05, 3.63) is 17.5 Å². The van der Waals surface area contributed by atoms with Gasteiger partial charge in [-0.25, -0.2) is 9.50 Å². The number of fused-ring (bicyclic) bond motifs is 1. The number of rotatable bonds is 4. The van der Waals surface area contributed by atoms with Crippen LogP contribution in [0.25, 0.3) is 5.78 Å². The van der Waals surface area contributed by atoms with Crippen LogP contribution in [0.15, 0.2) is 11.2 Å². The number of thioether (sulfide) groups is 1. The van der Waals surface area contributed by atoms with Crippen LogP contribution < -0.4 is 0 Å². The molecule has 0 atom stereocenters. The number of hydrogen-bond acceptors (Lipinski definition) is 6. The highest BCUT2D eigenvalue weighted by molar-refractivity contribution is 8.01. The van der Waals surface area contributed by atoms with E-state index in [0.29, 0.717) is 10.9 Å². The summed E-state index contributed by atoms with van der Waals surface area (Å²) in [6.07, 6.45) is 0. The van der Waals surface area contributed by atoms with Gasteiger partial charge in [0.05, 0.1) is 0 Å². The molecule has 19 heavy (non-hydrogen) atoms. The largest absolute Gasteiger partial charge is 0.298 e. The third-order valence-electron chi connectivity index (χ3n) is 2.56. The van der Waals surface area contributed by atoms with Gasteiger partial charge in [0.25, 0.3) is 5.78 Å². The molecule has 0 bridgehead atoms. The molecule has 0 N–H and O–H groups in total. The predicted octanol–water partition coefficient (Wildman–Crippen LogP) is 1.38. The van der Waals surface area contributed by atoms with Gasteiger partial charge in [-0.2, -0.15) is 4.98 Å². The zero-order chi connectivity index (χ0) is 14.2. The normalized spacial score (nSPS) is 11.2. The highest BCUT2D eigenvalue weighted by Crippen LogP contribution is 2.22. The van der Waals surface area contributed by atoms with Gasteiger partial charge < -0.3 is 0 Å². The Labute approximate surface area is 114 Å². The summed E-state index contributed by atoms with van der Waals surface area (Å²) in [5.41, 5.74) is 1.76. The lowest BCUT2D eigenvalue weighted by Gasteiger charge is -2.05. The van der Waals surface area contributed by atoms with Crippen molar-refractivity contribution < 1.29 is 9.59 Å². The fraction of sp³-hybridized carbons (Fsp3) is 0.417. The van der Waals surface area contributed by atoms with Crippen LogP contribution in [0.1, 0.15) is 25.2 Å². The lowest BCUT2D eigenvalue weighted by atomic mass is 10.2. The SMILES string of the molecule is CC(=O)C(Sc1nc2nc(C)cc(C)n2n1)C(C)=O. The summed E-state index contributed by atoms with van der Waals surface area (Å²) in [6, 6.07) is 1.89. The molecule has 0 unspecified atom stereocenters. The number of hydrogen-bond donors (Lipinski definition) is 0. The van der Waals surface area contributed by atoms with Crippen LogP contribution in [-0.4, -0.2) is 36.4 Å². The minimum atomic E-state index is -0.751. The molecule has 2 aromatic rings. The molecule has 0 radical (unpaired) electrons. The molecule has 2 aromatic heterocycles. The zero-order valence-corrected chi connectivity index (χ0v) is 12.0. The van der Waals surface area contributed by atoms with Crippen molar-refractivity contribution in [2.24, 2.45) is 0 Å². The van der Waals surface area contributed by atoms with Crippen molar-refractivity contribution in [2.45, 2.75) is 38.1 Å². The van der Waals surface area contributed by atoms with Crippen LogP contribution in [0, 0.1) is 13.8 Å². The molecule has 0 saturated carbocycles. The van der Waals surface area contributed by atoms with Crippen LogP contribution in [0.2, 0.25) is 0 Å². The van der Waals surface area contributed by atoms with Gasteiger partial charge in [-0.15, -0.1) is 5.10 Å². The Hall–Kier alpha value is -1.76. The molecule has 2 rings (SSSR count). The molecule has 6 nitrogen and oxygen atoms in total. The van der Waals surface area contributed by atoms with Crippen molar-refractivity contribution >= 4 is 29.1 Å². The Morgan fingerprint density at radius 3 is 2.42 bits per heavy atom. The van der Waals surface area contributed by atoms with Crippen molar-refractivity contribution in [2.75, 3.05) is 0 Å². The highest BCUT2D eigenvalue weighted by Gasteiger charge is 2.23. The van der Waals surface area contributed by atoms with E-state index < -0.39 is 5.25 Å². The van der Waals surface area contributed by atoms with Crippen molar-refractivity contribution in [1.29, 1.82) is 0 Å². The fourth-order valence-corrected chi connectivity index (χ4v) is 2.56. The van der Waals surface area contributed by atoms with Crippen LogP contribution in [0.3, 0.4) is 0 Å². The molecule has 0 aromatic carbocycles. The molecular formula is C12H14N4O2S. The molecular weight excluding hydrogens is 264 g/mol. The number of nitrogens with zero attached hydrogens (tertiary/aromatic N) is 4. The first-order valence-corrected chi connectivity index (χ1v) is 6.65. The maximum atomic E-state index is 11.4. The summed E-state index contributed by atoms with van der Waals surface area (Å²) < 4.78 is 1.60. The van der Waals surface area contributed by atoms with Gasteiger partial charge in [-0.3, -0.25) is 9.59 Å². The minimum absolute atomic E-state index is 0.197. The minimum Gasteiger partial charge on any atom is -0.298 e. The Balaban J connectivity index is 2.39. The van der Waals surface area contributed by atoms with Crippen molar-refractivity contribution in [3.8, 4) is 0 Å². The van der Waals surface area contributed by atoms with Crippen LogP contribution in [-0.2, 0) is 9.59 Å². The van der Waals surface area contributed by atoms with Crippen molar-refractivity contribution in [3.63, 3.8) is 0 Å². The van der Waals surface area contributed by atoms with E-state index in [1.807, 2.05) is 19.9 Å². The molecule has 0 spiro atoms. The second-order valence-electron chi connectivity index (χ2n) is 4.36. The third kappa shape index (κ3) is 2.81. The molecule has 2 heterocycles. The molecule has 0 aliphatic carbocycles. The Morgan fingerprint density at radius 1 is 1.21 bits per heavy atom. The number of aromatic nitrogens is 4. The van der Waals surface area contributed by atoms with Crippen LogP contribution in [0.5, 0.6) is 0 Å². The first-order chi connectivity index (χ1) is 8.88. The van der Waals surface area contributed by atoms with E-state index in [4.69, 9.17) is 0 Å². The van der Waals surface area contributed by atoms with E-state index in [1.165, 1.54) is 13.8 Å². The zero-order valence-electron chi connectivity index (χ0n) is 11.2. The topological polar surface area (TPSA) is 77.2 Å². The summed E-state index contributed by atoms with van der Waals surface area (Å²) in [5, 5.41) is 3.89. The maximum absolute atomic E-state index is 11.4. The van der Waals surface area contributed by atoms with Gasteiger partial charge >= 0.3 is 0 Å². The first kappa shape index (κ1) is 13.7. The Morgan fingerprint density at radius 2 is 1.84 bits per heavy atom. The lowest BCUT2D eigenvalue weighted by molar-refractivity contribution is -0.123. The molecule has 0 aliphatic rings. The predicted molar refractivity (Wildman–Crippen MR) is 71.3 cm³/mol. The van der Waals surface area contributed by atoms with E-state index in [2.05, 4.69) is 15.1 Å². The quantitative estimate of drug-likeness (QED) is 0.621. The van der Waals surface area contributed by atoms with Gasteiger partial charge in [0.15, 0.2) is 11.6 Å². The van der Waals surface area contributed by atoms with Crippen LogP contribution in [0.4, 0.5) is 0 Å². The van der Waals surface area contributed by atoms with Crippen molar-refractivity contribution in [1.82, 2.24) is 19.6 Å². The maximum Gasteiger partial charge on any atom is 0.253 e. The van der Waals surface area contributed by atoms with Gasteiger partial charge in [0.1, 0.15) is 5.25 Å². The molecule has 0 aliphatic heterocycles. The monoisotopic (exact) mass is 278 g/mol. The summed E-state index contributed by atoms with van der Waals surface area (Å²) in [6.45, 7) is 6.56. The van der Waals surface area contributed by atoms with Gasteiger partial charge in [0, 0.05) is 11.4 Å². The summed E-state index contributed by atoms with van der Waals surface area (Å²) in [7, 11) is 0. The molecule has 100 valence electrons. The third-order valence-corrected chi connectivity index (χ3v) is 3.84. The summed E-state index contributed by atoms with van der Waals surface area (Å²) in [4.78, 5) is 31.3. The summed E-state index contributed by atoms with van der Waals surface area (Å²) in [5.74, 6) is 0.0836. The number of carbonyl (C=O) groups is 2. The van der Waals surface area contributed by atoms with E-state index in [1.54, 1.807) is 4.52 Å².